The first-order valence-electron chi connectivity index (χ1n) is 18.8. The molecule has 2 aromatic carbocycles. The van der Waals surface area contributed by atoms with E-state index in [0.717, 1.165) is 11.1 Å². The molecule has 290 valence electrons. The maximum atomic E-state index is 13.6. The van der Waals surface area contributed by atoms with Crippen LogP contribution >= 0.6 is 0 Å². The van der Waals surface area contributed by atoms with E-state index < -0.39 is 30.2 Å². The van der Waals surface area contributed by atoms with Crippen molar-refractivity contribution in [1.82, 2.24) is 45.7 Å². The fourth-order valence-corrected chi connectivity index (χ4v) is 7.02. The van der Waals surface area contributed by atoms with Crippen molar-refractivity contribution >= 4 is 34.8 Å². The molecule has 2 aromatic heterocycles. The fourth-order valence-electron chi connectivity index (χ4n) is 7.02. The van der Waals surface area contributed by atoms with E-state index in [1.807, 2.05) is 36.4 Å². The van der Waals surface area contributed by atoms with Crippen molar-refractivity contribution in [2.24, 2.45) is 0 Å². The minimum Gasteiger partial charge on any atom is -0.388 e. The van der Waals surface area contributed by atoms with Gasteiger partial charge in [-0.25, -0.2) is 19.7 Å². The SMILES string of the molecule is CCC(=O)N[C@H]1C[C@@H](n2cnc3c(NCC(c4ccccc4)c4ccccc4)nc(C(=O)NCCNC(=O)NCCN(C(C)C)C(C)C)nc32)[C@H](O)[C@@H]1O. The number of hydrogen-bond acceptors (Lipinski definition) is 10. The Morgan fingerprint density at radius 3 is 2.07 bits per heavy atom. The van der Waals surface area contributed by atoms with Gasteiger partial charge in [0, 0.05) is 57.1 Å². The van der Waals surface area contributed by atoms with Crippen LogP contribution in [0.15, 0.2) is 67.0 Å². The Kier molecular flexibility index (Phi) is 13.9. The molecule has 0 aliphatic heterocycles. The summed E-state index contributed by atoms with van der Waals surface area (Å²) in [6.45, 7) is 12.1. The highest BCUT2D eigenvalue weighted by molar-refractivity contribution is 5.94. The summed E-state index contributed by atoms with van der Waals surface area (Å²) >= 11 is 0. The number of anilines is 1. The van der Waals surface area contributed by atoms with Crippen LogP contribution in [0.4, 0.5) is 10.6 Å². The number of hydrogen-bond donors (Lipinski definition) is 7. The number of aliphatic hydroxyl groups excluding tert-OH is 2. The van der Waals surface area contributed by atoms with Crippen LogP contribution in [0.25, 0.3) is 11.2 Å². The lowest BCUT2D eigenvalue weighted by molar-refractivity contribution is -0.122. The maximum Gasteiger partial charge on any atom is 0.314 e. The molecule has 7 N–H and O–H groups in total. The molecular weight excluding hydrogens is 688 g/mol. The zero-order chi connectivity index (χ0) is 38.8. The van der Waals surface area contributed by atoms with E-state index in [0.29, 0.717) is 43.1 Å². The molecule has 1 aliphatic rings. The lowest BCUT2D eigenvalue weighted by atomic mass is 9.91. The lowest BCUT2D eigenvalue weighted by Crippen LogP contribution is -2.45. The summed E-state index contributed by atoms with van der Waals surface area (Å²) in [5.41, 5.74) is 2.83. The van der Waals surface area contributed by atoms with Gasteiger partial charge >= 0.3 is 6.03 Å². The van der Waals surface area contributed by atoms with Crippen LogP contribution < -0.4 is 26.6 Å². The van der Waals surface area contributed by atoms with Crippen LogP contribution in [0.3, 0.4) is 0 Å². The van der Waals surface area contributed by atoms with Crippen molar-refractivity contribution < 1.29 is 24.6 Å². The quantitative estimate of drug-likeness (QED) is 0.0790. The van der Waals surface area contributed by atoms with Gasteiger partial charge in [0.05, 0.1) is 18.4 Å². The molecule has 15 nitrogen and oxygen atoms in total. The number of aliphatic hydroxyl groups is 2. The average Bonchev–Trinajstić information content (AvgIpc) is 3.71. The molecule has 0 spiro atoms. The van der Waals surface area contributed by atoms with Gasteiger partial charge in [0.2, 0.25) is 11.7 Å². The molecule has 1 saturated carbocycles. The first kappa shape index (κ1) is 40.1. The Labute approximate surface area is 316 Å². The first-order chi connectivity index (χ1) is 26.0. The Hall–Kier alpha value is -5.12. The highest BCUT2D eigenvalue weighted by Crippen LogP contribution is 2.34. The third kappa shape index (κ3) is 9.89. The predicted octanol–water partition coefficient (Wildman–Crippen LogP) is 2.78. The van der Waals surface area contributed by atoms with E-state index in [1.54, 1.807) is 11.5 Å². The average molecular weight is 743 g/mol. The molecule has 4 amide bonds. The van der Waals surface area contributed by atoms with Gasteiger partial charge in [-0.3, -0.25) is 14.5 Å². The second kappa shape index (κ2) is 18.8. The topological polar surface area (TPSA) is 199 Å². The predicted molar refractivity (Wildman–Crippen MR) is 207 cm³/mol. The van der Waals surface area contributed by atoms with E-state index in [9.17, 15) is 24.6 Å². The third-order valence-corrected chi connectivity index (χ3v) is 9.86. The van der Waals surface area contributed by atoms with Crippen LogP contribution in [-0.2, 0) is 4.79 Å². The minimum atomic E-state index is -1.23. The molecule has 4 atom stereocenters. The molecule has 15 heteroatoms. The minimum absolute atomic E-state index is 0.0671. The van der Waals surface area contributed by atoms with Crippen molar-refractivity contribution in [3.05, 3.63) is 83.9 Å². The highest BCUT2D eigenvalue weighted by Gasteiger charge is 2.44. The number of carbonyl (C=O) groups excluding carboxylic acids is 3. The number of imidazole rings is 1. The molecule has 0 bridgehead atoms. The van der Waals surface area contributed by atoms with Crippen LogP contribution in [0, 0.1) is 0 Å². The molecule has 5 rings (SSSR count). The molecular formula is C39H54N10O5. The summed E-state index contributed by atoms with van der Waals surface area (Å²) in [4.78, 5) is 54.2. The zero-order valence-corrected chi connectivity index (χ0v) is 31.7. The van der Waals surface area contributed by atoms with E-state index in [1.165, 1.54) is 6.33 Å². The van der Waals surface area contributed by atoms with Gasteiger partial charge in [-0.2, -0.15) is 0 Å². The molecule has 1 aliphatic carbocycles. The van der Waals surface area contributed by atoms with Gasteiger partial charge in [-0.05, 0) is 45.2 Å². The van der Waals surface area contributed by atoms with E-state index in [2.05, 4.69) is 98.4 Å². The Balaban J connectivity index is 1.35. The highest BCUT2D eigenvalue weighted by atomic mass is 16.3. The summed E-state index contributed by atoms with van der Waals surface area (Å²) < 4.78 is 1.63. The van der Waals surface area contributed by atoms with Gasteiger partial charge in [0.25, 0.3) is 5.91 Å². The van der Waals surface area contributed by atoms with Crippen molar-refractivity contribution in [2.75, 3.05) is 38.0 Å². The van der Waals surface area contributed by atoms with Crippen molar-refractivity contribution in [1.29, 1.82) is 0 Å². The number of aromatic nitrogens is 4. The van der Waals surface area contributed by atoms with Crippen molar-refractivity contribution in [2.45, 2.75) is 89.8 Å². The maximum absolute atomic E-state index is 13.6. The number of rotatable bonds is 17. The largest absolute Gasteiger partial charge is 0.388 e. The number of urea groups is 1. The van der Waals surface area contributed by atoms with Crippen molar-refractivity contribution in [3.8, 4) is 0 Å². The van der Waals surface area contributed by atoms with Gasteiger partial charge in [-0.15, -0.1) is 0 Å². The van der Waals surface area contributed by atoms with Crippen LogP contribution in [-0.4, -0.2) is 116 Å². The standard InChI is InChI=1S/C39H54N10O5/c1-6-31(50)45-29-21-30(34(52)33(29)51)49-23-44-32-35(43-22-28(26-13-9-7-10-14-26)27-15-11-8-12-16-27)46-36(47-37(32)49)38(53)40-17-18-41-39(54)42-19-20-48(24(2)3)25(4)5/h7-16,23-25,28-30,33-34,51-52H,6,17-22H2,1-5H3,(H,40,53)(H,45,50)(H2,41,42,54)(H,43,46,47)/t29-,30+,33+,34-/m0/s1. The molecule has 1 fully saturated rings. The van der Waals surface area contributed by atoms with Gasteiger partial charge in [0.15, 0.2) is 11.5 Å². The van der Waals surface area contributed by atoms with Gasteiger partial charge in [-0.1, -0.05) is 67.6 Å². The number of fused-ring (bicyclic) bond motifs is 1. The Morgan fingerprint density at radius 1 is 0.852 bits per heavy atom. The lowest BCUT2D eigenvalue weighted by Gasteiger charge is -2.30. The van der Waals surface area contributed by atoms with Crippen LogP contribution in [0.1, 0.15) is 81.2 Å². The van der Waals surface area contributed by atoms with E-state index >= 15 is 0 Å². The molecule has 0 radical (unpaired) electrons. The third-order valence-electron chi connectivity index (χ3n) is 9.86. The fraction of sp³-hybridized carbons (Fsp3) is 0.487. The zero-order valence-electron chi connectivity index (χ0n) is 31.7. The number of benzene rings is 2. The summed E-state index contributed by atoms with van der Waals surface area (Å²) in [7, 11) is 0. The molecule has 54 heavy (non-hydrogen) atoms. The number of carbonyl (C=O) groups is 3. The van der Waals surface area contributed by atoms with Gasteiger partial charge in [0.1, 0.15) is 17.7 Å². The Morgan fingerprint density at radius 2 is 1.46 bits per heavy atom. The monoisotopic (exact) mass is 742 g/mol. The second-order valence-electron chi connectivity index (χ2n) is 14.2. The van der Waals surface area contributed by atoms with Crippen molar-refractivity contribution in [3.63, 3.8) is 0 Å². The van der Waals surface area contributed by atoms with E-state index in [-0.39, 0.29) is 55.3 Å². The van der Waals surface area contributed by atoms with Crippen LogP contribution in [0.5, 0.6) is 0 Å². The molecule has 0 unspecified atom stereocenters. The molecule has 0 saturated heterocycles. The normalized spacial score (nSPS) is 18.4. The summed E-state index contributed by atoms with van der Waals surface area (Å²) in [5, 5.41) is 36.6. The molecule has 4 aromatic rings. The van der Waals surface area contributed by atoms with E-state index in [4.69, 9.17) is 0 Å². The summed E-state index contributed by atoms with van der Waals surface area (Å²) in [6.07, 6.45) is -0.478. The smallest absolute Gasteiger partial charge is 0.314 e. The van der Waals surface area contributed by atoms with Crippen LogP contribution in [0.2, 0.25) is 0 Å². The first-order valence-corrected chi connectivity index (χ1v) is 18.8. The second-order valence-corrected chi connectivity index (χ2v) is 14.2. The van der Waals surface area contributed by atoms with Gasteiger partial charge < -0.3 is 41.4 Å². The Bertz CT molecular complexity index is 1790. The summed E-state index contributed by atoms with van der Waals surface area (Å²) in [5.74, 6) is -0.695. The molecule has 2 heterocycles. The summed E-state index contributed by atoms with van der Waals surface area (Å²) in [6, 6.07) is 19.1. The number of nitrogens with one attached hydrogen (secondary N) is 5. The number of nitrogens with zero attached hydrogens (tertiary/aromatic N) is 5. The number of amides is 4.